The standard InChI is InChI=1S/C4H11NO2/c5-2-1-3-7-4-6/h6H,1-5H2. The Balaban J connectivity index is 2.45. The highest BCUT2D eigenvalue weighted by Gasteiger charge is 1.79. The largest absolute Gasteiger partial charge is 0.371 e. The molecule has 0 aromatic carbocycles. The van der Waals surface area contributed by atoms with Crippen molar-refractivity contribution < 1.29 is 9.84 Å². The van der Waals surface area contributed by atoms with Gasteiger partial charge in [-0.25, -0.2) is 0 Å². The van der Waals surface area contributed by atoms with Gasteiger partial charge in [-0.2, -0.15) is 0 Å². The number of hydrogen-bond donors (Lipinski definition) is 2. The van der Waals surface area contributed by atoms with Gasteiger partial charge in [-0.05, 0) is 13.0 Å². The third-order valence-corrected chi connectivity index (χ3v) is 0.584. The normalized spacial score (nSPS) is 9.43. The molecule has 3 N–H and O–H groups in total. The lowest BCUT2D eigenvalue weighted by Crippen LogP contribution is -2.04. The van der Waals surface area contributed by atoms with Gasteiger partial charge in [0.1, 0.15) is 6.79 Å². The first-order chi connectivity index (χ1) is 3.41. The number of aliphatic hydroxyl groups is 1. The van der Waals surface area contributed by atoms with E-state index in [1.165, 1.54) is 0 Å². The monoisotopic (exact) mass is 105 g/mol. The summed E-state index contributed by atoms with van der Waals surface area (Å²) in [6, 6.07) is 0. The Hall–Kier alpha value is -0.120. The van der Waals surface area contributed by atoms with Crippen LogP contribution in [0.1, 0.15) is 6.42 Å². The molecule has 0 fully saturated rings. The van der Waals surface area contributed by atoms with Crippen LogP contribution in [0.15, 0.2) is 0 Å². The van der Waals surface area contributed by atoms with Crippen LogP contribution in [-0.2, 0) is 4.74 Å². The number of hydrogen-bond acceptors (Lipinski definition) is 3. The van der Waals surface area contributed by atoms with Gasteiger partial charge in [-0.3, -0.25) is 0 Å². The fourth-order valence-electron chi connectivity index (χ4n) is 0.250. The molecule has 0 aromatic heterocycles. The number of rotatable bonds is 4. The van der Waals surface area contributed by atoms with E-state index in [4.69, 9.17) is 10.8 Å². The molecule has 0 bridgehead atoms. The molecule has 0 aromatic rings. The van der Waals surface area contributed by atoms with Crippen LogP contribution >= 0.6 is 0 Å². The third kappa shape index (κ3) is 5.88. The van der Waals surface area contributed by atoms with E-state index in [2.05, 4.69) is 4.74 Å². The predicted octanol–water partition coefficient (Wildman–Crippen LogP) is -0.698. The second-order valence-electron chi connectivity index (χ2n) is 1.18. The Bertz CT molecular complexity index is 28.9. The first-order valence-electron chi connectivity index (χ1n) is 2.30. The summed E-state index contributed by atoms with van der Waals surface area (Å²) < 4.78 is 4.55. The molecule has 0 aliphatic heterocycles. The van der Waals surface area contributed by atoms with Gasteiger partial charge in [0.15, 0.2) is 0 Å². The van der Waals surface area contributed by atoms with E-state index < -0.39 is 0 Å². The van der Waals surface area contributed by atoms with Crippen LogP contribution in [0.3, 0.4) is 0 Å². The maximum absolute atomic E-state index is 8.03. The van der Waals surface area contributed by atoms with Crippen molar-refractivity contribution in [3.8, 4) is 0 Å². The van der Waals surface area contributed by atoms with E-state index in [0.29, 0.717) is 13.2 Å². The fourth-order valence-corrected chi connectivity index (χ4v) is 0.250. The van der Waals surface area contributed by atoms with E-state index in [-0.39, 0.29) is 6.79 Å². The summed E-state index contributed by atoms with van der Waals surface area (Å²) in [5, 5.41) is 8.03. The summed E-state index contributed by atoms with van der Waals surface area (Å²) in [6.45, 7) is 0.993. The van der Waals surface area contributed by atoms with Crippen molar-refractivity contribution in [3.63, 3.8) is 0 Å². The molecular weight excluding hydrogens is 94.0 g/mol. The SMILES string of the molecule is NCCCOCO. The minimum Gasteiger partial charge on any atom is -0.371 e. The molecule has 0 heterocycles. The lowest BCUT2D eigenvalue weighted by Gasteiger charge is -1.94. The van der Waals surface area contributed by atoms with Crippen LogP contribution < -0.4 is 5.73 Å². The summed E-state index contributed by atoms with van der Waals surface area (Å²) >= 11 is 0. The first-order valence-corrected chi connectivity index (χ1v) is 2.30. The van der Waals surface area contributed by atoms with E-state index in [1.54, 1.807) is 0 Å². The molecule has 0 rings (SSSR count). The number of nitrogens with two attached hydrogens (primary N) is 1. The molecule has 44 valence electrons. The van der Waals surface area contributed by atoms with Crippen LogP contribution in [0.5, 0.6) is 0 Å². The molecule has 7 heavy (non-hydrogen) atoms. The van der Waals surface area contributed by atoms with Gasteiger partial charge >= 0.3 is 0 Å². The molecule has 0 unspecified atom stereocenters. The van der Waals surface area contributed by atoms with Crippen LogP contribution in [-0.4, -0.2) is 25.1 Å². The second-order valence-corrected chi connectivity index (χ2v) is 1.18. The summed E-state index contributed by atoms with van der Waals surface area (Å²) in [5.41, 5.74) is 5.11. The fraction of sp³-hybridized carbons (Fsp3) is 1.00. The minimum absolute atomic E-state index is 0.194. The molecule has 0 atom stereocenters. The Morgan fingerprint density at radius 1 is 1.57 bits per heavy atom. The summed E-state index contributed by atoms with van der Waals surface area (Å²) in [4.78, 5) is 0. The molecule has 0 saturated carbocycles. The Labute approximate surface area is 43.1 Å². The lowest BCUT2D eigenvalue weighted by molar-refractivity contribution is -0.00148. The van der Waals surface area contributed by atoms with Gasteiger partial charge in [-0.1, -0.05) is 0 Å². The zero-order valence-corrected chi connectivity index (χ0v) is 4.26. The van der Waals surface area contributed by atoms with Gasteiger partial charge in [-0.15, -0.1) is 0 Å². The minimum atomic E-state index is -0.194. The molecular formula is C4H11NO2. The van der Waals surface area contributed by atoms with Gasteiger partial charge in [0, 0.05) is 0 Å². The van der Waals surface area contributed by atoms with Crippen molar-refractivity contribution in [2.24, 2.45) is 5.73 Å². The van der Waals surface area contributed by atoms with Crippen molar-refractivity contribution in [3.05, 3.63) is 0 Å². The highest BCUT2D eigenvalue weighted by atomic mass is 16.6. The molecule has 0 aliphatic carbocycles. The average molecular weight is 105 g/mol. The maximum Gasteiger partial charge on any atom is 0.143 e. The average Bonchev–Trinajstić information content (AvgIpc) is 1.69. The molecule has 3 heteroatoms. The summed E-state index contributed by atoms with van der Waals surface area (Å²) in [7, 11) is 0. The van der Waals surface area contributed by atoms with E-state index in [9.17, 15) is 0 Å². The zero-order chi connectivity index (χ0) is 5.54. The van der Waals surface area contributed by atoms with Gasteiger partial charge in [0.25, 0.3) is 0 Å². The van der Waals surface area contributed by atoms with E-state index in [0.717, 1.165) is 6.42 Å². The molecule has 0 saturated heterocycles. The Morgan fingerprint density at radius 2 is 2.29 bits per heavy atom. The van der Waals surface area contributed by atoms with Crippen molar-refractivity contribution in [2.75, 3.05) is 19.9 Å². The van der Waals surface area contributed by atoms with Crippen molar-refractivity contribution in [1.82, 2.24) is 0 Å². The van der Waals surface area contributed by atoms with Gasteiger partial charge in [0.2, 0.25) is 0 Å². The maximum atomic E-state index is 8.03. The van der Waals surface area contributed by atoms with E-state index >= 15 is 0 Å². The van der Waals surface area contributed by atoms with Crippen LogP contribution in [0, 0.1) is 0 Å². The van der Waals surface area contributed by atoms with Gasteiger partial charge < -0.3 is 15.6 Å². The molecule has 0 spiro atoms. The summed E-state index contributed by atoms with van der Waals surface area (Å²) in [6.07, 6.45) is 0.820. The molecule has 3 nitrogen and oxygen atoms in total. The predicted molar refractivity (Wildman–Crippen MR) is 26.7 cm³/mol. The highest BCUT2D eigenvalue weighted by Crippen LogP contribution is 1.74. The Kier molecular flexibility index (Phi) is 5.78. The van der Waals surface area contributed by atoms with E-state index in [1.807, 2.05) is 0 Å². The van der Waals surface area contributed by atoms with Gasteiger partial charge in [0.05, 0.1) is 6.61 Å². The quantitative estimate of drug-likeness (QED) is 0.367. The zero-order valence-electron chi connectivity index (χ0n) is 4.26. The first kappa shape index (κ1) is 6.88. The van der Waals surface area contributed by atoms with Crippen molar-refractivity contribution >= 4 is 0 Å². The molecule has 0 amide bonds. The molecule has 0 radical (unpaired) electrons. The topological polar surface area (TPSA) is 55.5 Å². The van der Waals surface area contributed by atoms with Crippen molar-refractivity contribution in [1.29, 1.82) is 0 Å². The van der Waals surface area contributed by atoms with Crippen LogP contribution in [0.4, 0.5) is 0 Å². The van der Waals surface area contributed by atoms with Crippen molar-refractivity contribution in [2.45, 2.75) is 6.42 Å². The Morgan fingerprint density at radius 3 is 2.71 bits per heavy atom. The lowest BCUT2D eigenvalue weighted by atomic mass is 10.5. The number of ether oxygens (including phenoxy) is 1. The molecule has 0 aliphatic rings. The van der Waals surface area contributed by atoms with Crippen LogP contribution in [0.2, 0.25) is 0 Å². The number of aliphatic hydroxyl groups excluding tert-OH is 1. The van der Waals surface area contributed by atoms with Crippen LogP contribution in [0.25, 0.3) is 0 Å². The summed E-state index contributed by atoms with van der Waals surface area (Å²) in [5.74, 6) is 0. The third-order valence-electron chi connectivity index (χ3n) is 0.584. The second kappa shape index (κ2) is 5.88. The highest BCUT2D eigenvalue weighted by molar-refractivity contribution is 4.31. The smallest absolute Gasteiger partial charge is 0.143 e.